The maximum absolute atomic E-state index is 6.09. The largest absolute Gasteiger partial charge is 0.490 e. The summed E-state index contributed by atoms with van der Waals surface area (Å²) in [6, 6.07) is 13.9. The van der Waals surface area contributed by atoms with E-state index in [9.17, 15) is 0 Å². The minimum absolute atomic E-state index is 0. The van der Waals surface area contributed by atoms with Gasteiger partial charge < -0.3 is 19.7 Å². The van der Waals surface area contributed by atoms with E-state index in [4.69, 9.17) is 14.5 Å². The minimum atomic E-state index is 0. The Kier molecular flexibility index (Phi) is 9.33. The van der Waals surface area contributed by atoms with E-state index in [0.717, 1.165) is 49.7 Å². The van der Waals surface area contributed by atoms with Crippen molar-refractivity contribution < 1.29 is 9.47 Å². The molecule has 6 nitrogen and oxygen atoms in total. The lowest BCUT2D eigenvalue weighted by Gasteiger charge is -2.34. The summed E-state index contributed by atoms with van der Waals surface area (Å²) in [7, 11) is 1.62. The fourth-order valence-corrected chi connectivity index (χ4v) is 3.09. The van der Waals surface area contributed by atoms with Crippen LogP contribution in [0.2, 0.25) is 0 Å². The zero-order valence-corrected chi connectivity index (χ0v) is 18.8. The number of likely N-dealkylation sites (tertiary alicyclic amines) is 1. The first-order valence-corrected chi connectivity index (χ1v) is 9.52. The van der Waals surface area contributed by atoms with Crippen LogP contribution in [0.1, 0.15) is 25.3 Å². The molecule has 1 aliphatic heterocycles. The molecule has 3 rings (SSSR count). The number of nitrogens with one attached hydrogen (secondary N) is 1. The van der Waals surface area contributed by atoms with Gasteiger partial charge in [-0.05, 0) is 24.6 Å². The molecule has 0 saturated carbocycles. The molecule has 152 valence electrons. The molecule has 0 radical (unpaired) electrons. The Labute approximate surface area is 184 Å². The van der Waals surface area contributed by atoms with Crippen molar-refractivity contribution in [2.45, 2.75) is 32.4 Å². The number of para-hydroxylation sites is 1. The van der Waals surface area contributed by atoms with Crippen LogP contribution < -0.4 is 14.8 Å². The Hall–Kier alpha value is -2.03. The quantitative estimate of drug-likeness (QED) is 0.376. The lowest BCUT2D eigenvalue weighted by Crippen LogP contribution is -2.47. The minimum Gasteiger partial charge on any atom is -0.490 e. The molecule has 0 unspecified atom stereocenters. The number of hydrogen-bond donors (Lipinski definition) is 1. The van der Waals surface area contributed by atoms with E-state index in [1.165, 1.54) is 0 Å². The molecule has 1 aromatic carbocycles. The zero-order chi connectivity index (χ0) is 18.9. The van der Waals surface area contributed by atoms with E-state index < -0.39 is 0 Å². The molecule has 2 aromatic rings. The van der Waals surface area contributed by atoms with Crippen molar-refractivity contribution in [1.29, 1.82) is 0 Å². The Bertz CT molecular complexity index is 717. The van der Waals surface area contributed by atoms with Crippen LogP contribution in [-0.2, 0) is 6.54 Å². The summed E-state index contributed by atoms with van der Waals surface area (Å²) in [5, 5.41) is 3.40. The molecule has 0 amide bonds. The zero-order valence-electron chi connectivity index (χ0n) is 16.5. The number of rotatable bonds is 6. The molecular weight excluding hydrogens is 467 g/mol. The van der Waals surface area contributed by atoms with E-state index in [0.29, 0.717) is 12.4 Å². The van der Waals surface area contributed by atoms with Gasteiger partial charge in [0.15, 0.2) is 5.96 Å². The van der Waals surface area contributed by atoms with Gasteiger partial charge in [0.1, 0.15) is 11.9 Å². The number of benzene rings is 1. The van der Waals surface area contributed by atoms with E-state index in [2.05, 4.69) is 22.1 Å². The van der Waals surface area contributed by atoms with E-state index in [1.807, 2.05) is 48.7 Å². The fraction of sp³-hybridized carbons (Fsp3) is 0.429. The first kappa shape index (κ1) is 22.3. The average molecular weight is 496 g/mol. The van der Waals surface area contributed by atoms with Crippen LogP contribution >= 0.6 is 24.0 Å². The molecule has 1 aromatic heterocycles. The number of piperidine rings is 1. The Morgan fingerprint density at radius 3 is 2.54 bits per heavy atom. The Balaban J connectivity index is 0.00000280. The van der Waals surface area contributed by atoms with Crippen LogP contribution in [0.3, 0.4) is 0 Å². The summed E-state index contributed by atoms with van der Waals surface area (Å²) in [6.45, 7) is 5.41. The SMILES string of the molecule is CCNC(=NCc1ccc(OC)nc1)N1CCC(Oc2ccccc2)CC1.I. The highest BCUT2D eigenvalue weighted by molar-refractivity contribution is 14.0. The van der Waals surface area contributed by atoms with Crippen LogP contribution in [0.25, 0.3) is 0 Å². The molecule has 7 heteroatoms. The van der Waals surface area contributed by atoms with Crippen molar-refractivity contribution >= 4 is 29.9 Å². The van der Waals surface area contributed by atoms with Gasteiger partial charge in [0.2, 0.25) is 5.88 Å². The molecule has 0 spiro atoms. The highest BCUT2D eigenvalue weighted by Crippen LogP contribution is 2.19. The van der Waals surface area contributed by atoms with Crippen molar-refractivity contribution in [3.63, 3.8) is 0 Å². The number of guanidine groups is 1. The maximum atomic E-state index is 6.09. The number of aromatic nitrogens is 1. The summed E-state index contributed by atoms with van der Waals surface area (Å²) in [4.78, 5) is 11.3. The van der Waals surface area contributed by atoms with Gasteiger partial charge in [-0.3, -0.25) is 0 Å². The van der Waals surface area contributed by atoms with Crippen LogP contribution in [0, 0.1) is 0 Å². The van der Waals surface area contributed by atoms with Crippen LogP contribution in [-0.4, -0.2) is 48.7 Å². The summed E-state index contributed by atoms with van der Waals surface area (Å²) in [5.74, 6) is 2.52. The smallest absolute Gasteiger partial charge is 0.212 e. The predicted octanol–water partition coefficient (Wildman–Crippen LogP) is 3.72. The van der Waals surface area contributed by atoms with E-state index >= 15 is 0 Å². The predicted molar refractivity (Wildman–Crippen MR) is 123 cm³/mol. The molecule has 1 aliphatic rings. The third-order valence-electron chi connectivity index (χ3n) is 4.54. The third kappa shape index (κ3) is 6.54. The lowest BCUT2D eigenvalue weighted by atomic mass is 10.1. The molecular formula is C21H29IN4O2. The van der Waals surface area contributed by atoms with Gasteiger partial charge in [-0.15, -0.1) is 24.0 Å². The number of nitrogens with zero attached hydrogens (tertiary/aromatic N) is 3. The molecule has 2 heterocycles. The van der Waals surface area contributed by atoms with Crippen molar-refractivity contribution in [2.24, 2.45) is 4.99 Å². The first-order chi connectivity index (χ1) is 13.3. The van der Waals surface area contributed by atoms with Gasteiger partial charge in [0, 0.05) is 44.7 Å². The van der Waals surface area contributed by atoms with Crippen LogP contribution in [0.15, 0.2) is 53.7 Å². The second-order valence-corrected chi connectivity index (χ2v) is 6.50. The first-order valence-electron chi connectivity index (χ1n) is 9.52. The van der Waals surface area contributed by atoms with Crippen molar-refractivity contribution in [3.05, 3.63) is 54.2 Å². The Morgan fingerprint density at radius 1 is 1.18 bits per heavy atom. The molecule has 1 N–H and O–H groups in total. The molecule has 1 fully saturated rings. The summed E-state index contributed by atoms with van der Waals surface area (Å²) >= 11 is 0. The fourth-order valence-electron chi connectivity index (χ4n) is 3.09. The standard InChI is InChI=1S/C21H28N4O2.HI/c1-3-22-21(24-16-17-9-10-20(26-2)23-15-17)25-13-11-19(12-14-25)27-18-7-5-4-6-8-18;/h4-10,15,19H,3,11-14,16H2,1-2H3,(H,22,24);1H. The van der Waals surface area contributed by atoms with Gasteiger partial charge in [-0.1, -0.05) is 24.3 Å². The van der Waals surface area contributed by atoms with Crippen molar-refractivity contribution in [1.82, 2.24) is 15.2 Å². The maximum Gasteiger partial charge on any atom is 0.212 e. The number of hydrogen-bond acceptors (Lipinski definition) is 4. The number of halogens is 1. The summed E-state index contributed by atoms with van der Waals surface area (Å²) < 4.78 is 11.2. The van der Waals surface area contributed by atoms with Gasteiger partial charge in [0.05, 0.1) is 13.7 Å². The normalized spacial score (nSPS) is 14.9. The van der Waals surface area contributed by atoms with Gasteiger partial charge in [-0.25, -0.2) is 9.98 Å². The second kappa shape index (κ2) is 11.7. The summed E-state index contributed by atoms with van der Waals surface area (Å²) in [5.41, 5.74) is 1.06. The van der Waals surface area contributed by atoms with Crippen molar-refractivity contribution in [3.8, 4) is 11.6 Å². The van der Waals surface area contributed by atoms with E-state index in [-0.39, 0.29) is 30.1 Å². The highest BCUT2D eigenvalue weighted by atomic mass is 127. The second-order valence-electron chi connectivity index (χ2n) is 6.50. The monoisotopic (exact) mass is 496 g/mol. The number of aliphatic imine (C=N–C) groups is 1. The van der Waals surface area contributed by atoms with Gasteiger partial charge in [0.25, 0.3) is 0 Å². The topological polar surface area (TPSA) is 59.0 Å². The van der Waals surface area contributed by atoms with Gasteiger partial charge >= 0.3 is 0 Å². The van der Waals surface area contributed by atoms with Crippen molar-refractivity contribution in [2.75, 3.05) is 26.7 Å². The third-order valence-corrected chi connectivity index (χ3v) is 4.54. The summed E-state index contributed by atoms with van der Waals surface area (Å²) in [6.07, 6.45) is 4.05. The van der Waals surface area contributed by atoms with E-state index in [1.54, 1.807) is 7.11 Å². The number of methoxy groups -OCH3 is 1. The van der Waals surface area contributed by atoms with Gasteiger partial charge in [-0.2, -0.15) is 0 Å². The molecule has 0 bridgehead atoms. The molecule has 0 aliphatic carbocycles. The lowest BCUT2D eigenvalue weighted by molar-refractivity contribution is 0.129. The molecule has 1 saturated heterocycles. The number of ether oxygens (including phenoxy) is 2. The highest BCUT2D eigenvalue weighted by Gasteiger charge is 2.22. The number of pyridine rings is 1. The molecule has 28 heavy (non-hydrogen) atoms. The van der Waals surface area contributed by atoms with Crippen LogP contribution in [0.5, 0.6) is 11.6 Å². The Morgan fingerprint density at radius 2 is 1.93 bits per heavy atom. The average Bonchev–Trinajstić information content (AvgIpc) is 2.73. The van der Waals surface area contributed by atoms with Crippen LogP contribution in [0.4, 0.5) is 0 Å². The molecule has 0 atom stereocenters.